The van der Waals surface area contributed by atoms with Crippen molar-refractivity contribution >= 4 is 33.4 Å². The van der Waals surface area contributed by atoms with Crippen molar-refractivity contribution in [2.75, 3.05) is 11.4 Å². The molecule has 1 aromatic rings. The number of nitrogens with zero attached hydrogens (tertiary/aromatic N) is 1. The molecule has 1 aliphatic heterocycles. The topological polar surface area (TPSA) is 75.4 Å². The first-order valence-electron chi connectivity index (χ1n) is 5.61. The van der Waals surface area contributed by atoms with Crippen LogP contribution in [0.4, 0.5) is 5.69 Å². The van der Waals surface area contributed by atoms with E-state index in [1.54, 1.807) is 11.8 Å². The molecule has 0 radical (unpaired) electrons. The van der Waals surface area contributed by atoms with Gasteiger partial charge < -0.3 is 10.6 Å². The van der Waals surface area contributed by atoms with E-state index < -0.39 is 0 Å². The maximum absolute atomic E-state index is 11.6. The summed E-state index contributed by atoms with van der Waals surface area (Å²) in [4.78, 5) is 24.8. The van der Waals surface area contributed by atoms with E-state index in [9.17, 15) is 9.59 Å². The molecule has 6 heteroatoms. The molecule has 1 aromatic carbocycles. The molecule has 1 atom stereocenters. The maximum atomic E-state index is 11.6. The van der Waals surface area contributed by atoms with E-state index in [2.05, 4.69) is 21.2 Å². The summed E-state index contributed by atoms with van der Waals surface area (Å²) in [5.41, 5.74) is 7.38. The average molecular weight is 312 g/mol. The van der Waals surface area contributed by atoms with E-state index in [1.807, 2.05) is 18.2 Å². The molecular weight excluding hydrogens is 298 g/mol. The molecule has 1 heterocycles. The van der Waals surface area contributed by atoms with Crippen LogP contribution in [0.5, 0.6) is 0 Å². The summed E-state index contributed by atoms with van der Waals surface area (Å²) in [7, 11) is 0. The van der Waals surface area contributed by atoms with Crippen LogP contribution in [0.15, 0.2) is 22.7 Å². The first-order chi connectivity index (χ1) is 8.52. The summed E-state index contributed by atoms with van der Waals surface area (Å²) in [5.74, 6) is -0.561. The van der Waals surface area contributed by atoms with Gasteiger partial charge in [0.15, 0.2) is 0 Å². The number of carbonyl (C=O) groups excluding carboxylic acids is 2. The van der Waals surface area contributed by atoms with Crippen LogP contribution in [0.3, 0.4) is 0 Å². The van der Waals surface area contributed by atoms with Crippen LogP contribution in [-0.4, -0.2) is 24.4 Å². The zero-order chi connectivity index (χ0) is 13.3. The molecule has 0 spiro atoms. The molecule has 1 saturated heterocycles. The van der Waals surface area contributed by atoms with Crippen LogP contribution in [0.25, 0.3) is 0 Å². The van der Waals surface area contributed by atoms with Crippen molar-refractivity contribution in [2.24, 2.45) is 5.73 Å². The van der Waals surface area contributed by atoms with Gasteiger partial charge >= 0.3 is 0 Å². The van der Waals surface area contributed by atoms with Crippen molar-refractivity contribution in [3.05, 3.63) is 28.2 Å². The fourth-order valence-corrected chi connectivity index (χ4v) is 2.57. The second kappa shape index (κ2) is 5.07. The van der Waals surface area contributed by atoms with Gasteiger partial charge in [0.25, 0.3) is 0 Å². The summed E-state index contributed by atoms with van der Waals surface area (Å²) < 4.78 is 0.833. The van der Waals surface area contributed by atoms with Gasteiger partial charge in [-0.15, -0.1) is 0 Å². The van der Waals surface area contributed by atoms with Gasteiger partial charge in [-0.05, 0) is 40.5 Å². The summed E-state index contributed by atoms with van der Waals surface area (Å²) in [6, 6.07) is 5.29. The van der Waals surface area contributed by atoms with Crippen molar-refractivity contribution < 1.29 is 9.59 Å². The Hall–Kier alpha value is -1.40. The van der Waals surface area contributed by atoms with Gasteiger partial charge in [-0.25, -0.2) is 0 Å². The van der Waals surface area contributed by atoms with Crippen LogP contribution in [0, 0.1) is 0 Å². The lowest BCUT2D eigenvalue weighted by Crippen LogP contribution is -2.57. The van der Waals surface area contributed by atoms with E-state index in [1.165, 1.54) is 0 Å². The largest absolute Gasteiger partial charge is 0.350 e. The van der Waals surface area contributed by atoms with E-state index in [4.69, 9.17) is 5.73 Å². The van der Waals surface area contributed by atoms with Crippen LogP contribution in [0.1, 0.15) is 12.5 Å². The molecule has 0 saturated carbocycles. The molecule has 18 heavy (non-hydrogen) atoms. The number of anilines is 1. The number of carbonyl (C=O) groups is 2. The van der Waals surface area contributed by atoms with E-state index in [0.717, 1.165) is 15.7 Å². The van der Waals surface area contributed by atoms with Crippen molar-refractivity contribution in [3.8, 4) is 0 Å². The highest BCUT2D eigenvalue weighted by Gasteiger charge is 2.31. The summed E-state index contributed by atoms with van der Waals surface area (Å²) in [5, 5.41) is 2.32. The van der Waals surface area contributed by atoms with Crippen molar-refractivity contribution in [3.63, 3.8) is 0 Å². The minimum Gasteiger partial charge on any atom is -0.350 e. The standard InChI is InChI=1S/C12H14BrN3O2/c1-7-12(18)15-11(17)6-16(7)10-3-2-8(5-14)4-9(10)13/h2-4,7H,5-6,14H2,1H3,(H,15,17,18). The Morgan fingerprint density at radius 2 is 2.22 bits per heavy atom. The van der Waals surface area contributed by atoms with Crippen LogP contribution >= 0.6 is 15.9 Å². The Morgan fingerprint density at radius 1 is 1.50 bits per heavy atom. The lowest BCUT2D eigenvalue weighted by atomic mass is 10.1. The molecule has 3 N–H and O–H groups in total. The predicted molar refractivity (Wildman–Crippen MR) is 72.0 cm³/mol. The number of nitrogens with two attached hydrogens (primary N) is 1. The predicted octanol–water partition coefficient (Wildman–Crippen LogP) is 0.759. The Labute approximate surface area is 113 Å². The number of amides is 2. The number of hydrogen-bond acceptors (Lipinski definition) is 4. The van der Waals surface area contributed by atoms with Gasteiger partial charge in [-0.2, -0.15) is 0 Å². The minimum atomic E-state index is -0.372. The number of hydrogen-bond donors (Lipinski definition) is 2. The second-order valence-electron chi connectivity index (χ2n) is 4.21. The van der Waals surface area contributed by atoms with Gasteiger partial charge in [0, 0.05) is 11.0 Å². The molecule has 2 rings (SSSR count). The SMILES string of the molecule is CC1C(=O)NC(=O)CN1c1ccc(CN)cc1Br. The molecule has 0 bridgehead atoms. The van der Waals surface area contributed by atoms with Crippen LogP contribution in [-0.2, 0) is 16.1 Å². The zero-order valence-electron chi connectivity index (χ0n) is 9.94. The first kappa shape index (κ1) is 13.0. The van der Waals surface area contributed by atoms with Crippen molar-refractivity contribution in [1.29, 1.82) is 0 Å². The van der Waals surface area contributed by atoms with Gasteiger partial charge in [0.2, 0.25) is 11.8 Å². The van der Waals surface area contributed by atoms with Crippen molar-refractivity contribution in [1.82, 2.24) is 5.32 Å². The first-order valence-corrected chi connectivity index (χ1v) is 6.41. The lowest BCUT2D eigenvalue weighted by molar-refractivity contribution is -0.132. The van der Waals surface area contributed by atoms with Gasteiger partial charge in [0.05, 0.1) is 12.2 Å². The normalized spacial score (nSPS) is 19.9. The number of halogens is 1. The highest BCUT2D eigenvalue weighted by atomic mass is 79.9. The van der Waals surface area contributed by atoms with E-state index >= 15 is 0 Å². The Morgan fingerprint density at radius 3 is 2.83 bits per heavy atom. The molecule has 1 fully saturated rings. The van der Waals surface area contributed by atoms with Gasteiger partial charge in [-0.1, -0.05) is 6.07 Å². The van der Waals surface area contributed by atoms with Crippen LogP contribution < -0.4 is 16.0 Å². The van der Waals surface area contributed by atoms with Crippen LogP contribution in [0.2, 0.25) is 0 Å². The molecule has 5 nitrogen and oxygen atoms in total. The molecular formula is C12H14BrN3O2. The monoisotopic (exact) mass is 311 g/mol. The molecule has 1 aliphatic rings. The van der Waals surface area contributed by atoms with Gasteiger partial charge in [-0.3, -0.25) is 14.9 Å². The number of imide groups is 1. The molecule has 0 aromatic heterocycles. The number of nitrogens with one attached hydrogen (secondary N) is 1. The third-order valence-corrected chi connectivity index (χ3v) is 3.62. The van der Waals surface area contributed by atoms with Crippen molar-refractivity contribution in [2.45, 2.75) is 19.5 Å². The Bertz CT molecular complexity index is 504. The van der Waals surface area contributed by atoms with Gasteiger partial charge in [0.1, 0.15) is 6.04 Å². The zero-order valence-corrected chi connectivity index (χ0v) is 11.5. The third-order valence-electron chi connectivity index (χ3n) is 2.98. The minimum absolute atomic E-state index is 0.174. The fraction of sp³-hybridized carbons (Fsp3) is 0.333. The number of rotatable bonds is 2. The molecule has 2 amide bonds. The molecule has 0 aliphatic carbocycles. The second-order valence-corrected chi connectivity index (χ2v) is 5.06. The highest BCUT2D eigenvalue weighted by Crippen LogP contribution is 2.29. The number of benzene rings is 1. The van der Waals surface area contributed by atoms with E-state index in [-0.39, 0.29) is 24.4 Å². The fourth-order valence-electron chi connectivity index (χ4n) is 1.92. The molecule has 1 unspecified atom stereocenters. The smallest absolute Gasteiger partial charge is 0.249 e. The molecule has 96 valence electrons. The maximum Gasteiger partial charge on any atom is 0.249 e. The summed E-state index contributed by atoms with van der Waals surface area (Å²) >= 11 is 3.45. The summed E-state index contributed by atoms with van der Waals surface area (Å²) in [6.07, 6.45) is 0. The Balaban J connectivity index is 2.35. The van der Waals surface area contributed by atoms with E-state index in [0.29, 0.717) is 6.54 Å². The Kier molecular flexibility index (Phi) is 3.68. The highest BCUT2D eigenvalue weighted by molar-refractivity contribution is 9.10. The average Bonchev–Trinajstić information content (AvgIpc) is 2.34. The number of piperazine rings is 1. The quantitative estimate of drug-likeness (QED) is 0.791. The third kappa shape index (κ3) is 2.39. The lowest BCUT2D eigenvalue weighted by Gasteiger charge is -2.34. The summed E-state index contributed by atoms with van der Waals surface area (Å²) in [6.45, 7) is 2.40.